The maximum atomic E-state index is 11.8. The van der Waals surface area contributed by atoms with Gasteiger partial charge < -0.3 is 9.73 Å². The van der Waals surface area contributed by atoms with Crippen LogP contribution in [0, 0.1) is 10.1 Å². The van der Waals surface area contributed by atoms with E-state index in [0.29, 0.717) is 11.3 Å². The van der Waals surface area contributed by atoms with E-state index in [9.17, 15) is 18.5 Å². The van der Waals surface area contributed by atoms with Gasteiger partial charge in [0.25, 0.3) is 5.69 Å². The van der Waals surface area contributed by atoms with E-state index >= 15 is 0 Å². The van der Waals surface area contributed by atoms with Crippen LogP contribution in [0.25, 0.3) is 11.0 Å². The Labute approximate surface area is 143 Å². The molecule has 0 saturated heterocycles. The van der Waals surface area contributed by atoms with Gasteiger partial charge in [-0.25, -0.2) is 13.6 Å². The number of hydrogen-bond donors (Lipinski definition) is 2. The van der Waals surface area contributed by atoms with Gasteiger partial charge in [0.05, 0.1) is 16.7 Å². The van der Waals surface area contributed by atoms with E-state index < -0.39 is 14.9 Å². The number of rotatable bonds is 5. The number of nitrogens with two attached hydrogens (primary N) is 1. The van der Waals surface area contributed by atoms with Gasteiger partial charge in [-0.3, -0.25) is 10.1 Å². The number of hydrogen-bond acceptors (Lipinski definition) is 6. The number of fused-ring (bicyclic) bond motifs is 1. The van der Waals surface area contributed by atoms with Crippen molar-refractivity contribution < 1.29 is 17.8 Å². The minimum Gasteiger partial charge on any atom is -0.459 e. The summed E-state index contributed by atoms with van der Waals surface area (Å²) in [6.07, 6.45) is 0. The van der Waals surface area contributed by atoms with Gasteiger partial charge in [0.2, 0.25) is 10.0 Å². The van der Waals surface area contributed by atoms with E-state index in [-0.39, 0.29) is 22.3 Å². The van der Waals surface area contributed by atoms with Crippen LogP contribution >= 0.6 is 0 Å². The summed E-state index contributed by atoms with van der Waals surface area (Å²) in [4.78, 5) is 9.85. The monoisotopic (exact) mass is 361 g/mol. The molecular formula is C16H15N3O5S. The molecule has 0 fully saturated rings. The first kappa shape index (κ1) is 16.9. The molecule has 0 amide bonds. The van der Waals surface area contributed by atoms with E-state index in [0.717, 1.165) is 11.5 Å². The third-order valence-corrected chi connectivity index (χ3v) is 4.68. The number of sulfonamides is 1. The van der Waals surface area contributed by atoms with Gasteiger partial charge >= 0.3 is 0 Å². The molecule has 0 radical (unpaired) electrons. The molecule has 1 heterocycles. The topological polar surface area (TPSA) is 128 Å². The number of nitrogens with one attached hydrogen (secondary N) is 1. The number of non-ortho nitro benzene ring substituents is 1. The van der Waals surface area contributed by atoms with Crippen LogP contribution in [0.4, 0.5) is 11.4 Å². The van der Waals surface area contributed by atoms with Crippen molar-refractivity contribution in [1.82, 2.24) is 0 Å². The highest BCUT2D eigenvalue weighted by Gasteiger charge is 2.21. The lowest BCUT2D eigenvalue weighted by atomic mass is 10.2. The Hall–Kier alpha value is -2.91. The second kappa shape index (κ2) is 6.19. The molecule has 3 aromatic rings. The molecule has 0 bridgehead atoms. The highest BCUT2D eigenvalue weighted by Crippen LogP contribution is 2.30. The molecule has 0 aliphatic heterocycles. The molecule has 9 heteroatoms. The quantitative estimate of drug-likeness (QED) is 0.530. The number of nitro benzene ring substituents is 1. The second-order valence-corrected chi connectivity index (χ2v) is 7.07. The number of nitro groups is 1. The Morgan fingerprint density at radius 3 is 2.56 bits per heavy atom. The molecule has 130 valence electrons. The van der Waals surface area contributed by atoms with E-state index in [2.05, 4.69) is 5.32 Å². The van der Waals surface area contributed by atoms with Gasteiger partial charge in [-0.2, -0.15) is 0 Å². The minimum atomic E-state index is -4.14. The van der Waals surface area contributed by atoms with Crippen molar-refractivity contribution >= 4 is 32.4 Å². The summed E-state index contributed by atoms with van der Waals surface area (Å²) in [6, 6.07) is 12.4. The first-order chi connectivity index (χ1) is 11.8. The van der Waals surface area contributed by atoms with E-state index in [4.69, 9.17) is 9.56 Å². The Balaban J connectivity index is 1.97. The van der Waals surface area contributed by atoms with Crippen LogP contribution in [0.5, 0.6) is 0 Å². The molecule has 2 aromatic carbocycles. The zero-order chi connectivity index (χ0) is 18.2. The van der Waals surface area contributed by atoms with Gasteiger partial charge in [-0.05, 0) is 25.1 Å². The zero-order valence-corrected chi connectivity index (χ0v) is 14.0. The fourth-order valence-electron chi connectivity index (χ4n) is 2.50. The maximum absolute atomic E-state index is 11.8. The van der Waals surface area contributed by atoms with Crippen LogP contribution in [0.2, 0.25) is 0 Å². The smallest absolute Gasteiger partial charge is 0.270 e. The van der Waals surface area contributed by atoms with Crippen molar-refractivity contribution in [2.45, 2.75) is 17.9 Å². The Kier molecular flexibility index (Phi) is 4.19. The summed E-state index contributed by atoms with van der Waals surface area (Å²) < 4.78 is 29.3. The summed E-state index contributed by atoms with van der Waals surface area (Å²) in [5.41, 5.74) is 0.522. The third-order valence-electron chi connectivity index (χ3n) is 3.73. The average Bonchev–Trinajstić information content (AvgIpc) is 2.98. The molecule has 0 aliphatic rings. The van der Waals surface area contributed by atoms with Crippen molar-refractivity contribution in [3.05, 3.63) is 64.4 Å². The second-order valence-electron chi connectivity index (χ2n) is 5.54. The van der Waals surface area contributed by atoms with Gasteiger partial charge in [0, 0.05) is 17.5 Å². The zero-order valence-electron chi connectivity index (χ0n) is 13.2. The third kappa shape index (κ3) is 3.47. The maximum Gasteiger partial charge on any atom is 0.270 e. The lowest BCUT2D eigenvalue weighted by Gasteiger charge is -2.15. The van der Waals surface area contributed by atoms with Crippen molar-refractivity contribution in [3.63, 3.8) is 0 Å². The number of benzene rings is 2. The number of anilines is 1. The first-order valence-corrected chi connectivity index (χ1v) is 8.86. The largest absolute Gasteiger partial charge is 0.459 e. The molecule has 8 nitrogen and oxygen atoms in total. The van der Waals surface area contributed by atoms with E-state index in [1.54, 1.807) is 6.92 Å². The Morgan fingerprint density at radius 2 is 1.92 bits per heavy atom. The predicted octanol–water partition coefficient (Wildman–Crippen LogP) is 3.16. The molecule has 0 spiro atoms. The van der Waals surface area contributed by atoms with Crippen LogP contribution in [0.1, 0.15) is 18.7 Å². The average molecular weight is 361 g/mol. The van der Waals surface area contributed by atoms with Gasteiger partial charge in [-0.1, -0.05) is 18.2 Å². The molecule has 3 rings (SSSR count). The molecule has 0 aliphatic carbocycles. The number of nitrogens with zero attached hydrogens (tertiary/aromatic N) is 1. The summed E-state index contributed by atoms with van der Waals surface area (Å²) >= 11 is 0. The SMILES string of the molecule is C[C@@H](Nc1ccc([N+](=O)[O-])cc1S(N)(=O)=O)c1cc2ccccc2o1. The molecule has 1 aromatic heterocycles. The molecule has 25 heavy (non-hydrogen) atoms. The fraction of sp³-hybridized carbons (Fsp3) is 0.125. The first-order valence-electron chi connectivity index (χ1n) is 7.32. The molecule has 0 unspecified atom stereocenters. The fourth-order valence-corrected chi connectivity index (χ4v) is 3.22. The Morgan fingerprint density at radius 1 is 1.20 bits per heavy atom. The molecule has 1 atom stereocenters. The van der Waals surface area contributed by atoms with Crippen LogP contribution in [-0.4, -0.2) is 13.3 Å². The lowest BCUT2D eigenvalue weighted by molar-refractivity contribution is -0.385. The van der Waals surface area contributed by atoms with Gasteiger partial charge in [-0.15, -0.1) is 0 Å². The normalized spacial score (nSPS) is 12.9. The summed E-state index contributed by atoms with van der Waals surface area (Å²) in [5, 5.41) is 20.0. The van der Waals surface area contributed by atoms with E-state index in [1.807, 2.05) is 30.3 Å². The van der Waals surface area contributed by atoms with Crippen LogP contribution in [0.3, 0.4) is 0 Å². The highest BCUT2D eigenvalue weighted by molar-refractivity contribution is 7.89. The molecule has 0 saturated carbocycles. The van der Waals surface area contributed by atoms with Gasteiger partial charge in [0.1, 0.15) is 16.2 Å². The van der Waals surface area contributed by atoms with Crippen LogP contribution in [0.15, 0.2) is 57.8 Å². The van der Waals surface area contributed by atoms with Crippen LogP contribution in [-0.2, 0) is 10.0 Å². The standard InChI is InChI=1S/C16H15N3O5S/c1-10(15-8-11-4-2-3-5-14(11)24-15)18-13-7-6-12(19(20)21)9-16(13)25(17,22)23/h2-10,18H,1H3,(H2,17,22,23)/t10-/m1/s1. The predicted molar refractivity (Wildman–Crippen MR) is 92.7 cm³/mol. The number of primary sulfonamides is 1. The summed E-state index contributed by atoms with van der Waals surface area (Å²) in [7, 11) is -4.14. The van der Waals surface area contributed by atoms with Crippen molar-refractivity contribution in [1.29, 1.82) is 0 Å². The van der Waals surface area contributed by atoms with Crippen molar-refractivity contribution in [2.75, 3.05) is 5.32 Å². The Bertz CT molecular complexity index is 1030. The van der Waals surface area contributed by atoms with Crippen LogP contribution < -0.4 is 10.5 Å². The van der Waals surface area contributed by atoms with E-state index in [1.165, 1.54) is 12.1 Å². The van der Waals surface area contributed by atoms with Crippen molar-refractivity contribution in [2.24, 2.45) is 5.14 Å². The summed E-state index contributed by atoms with van der Waals surface area (Å²) in [5.74, 6) is 0.597. The summed E-state index contributed by atoms with van der Waals surface area (Å²) in [6.45, 7) is 1.78. The molecule has 3 N–H and O–H groups in total. The van der Waals surface area contributed by atoms with Gasteiger partial charge in [0.15, 0.2) is 0 Å². The minimum absolute atomic E-state index is 0.168. The molecular weight excluding hydrogens is 346 g/mol. The highest BCUT2D eigenvalue weighted by atomic mass is 32.2. The number of furan rings is 1. The lowest BCUT2D eigenvalue weighted by Crippen LogP contribution is -2.16. The van der Waals surface area contributed by atoms with Crippen molar-refractivity contribution in [3.8, 4) is 0 Å². The number of para-hydroxylation sites is 1.